The first-order chi connectivity index (χ1) is 12.2. The molecule has 0 saturated heterocycles. The Kier molecular flexibility index (Phi) is 4.34. The van der Waals surface area contributed by atoms with E-state index in [1.54, 1.807) is 18.0 Å². The number of aryl methyl sites for hydroxylation is 1. The van der Waals surface area contributed by atoms with Crippen molar-refractivity contribution in [3.05, 3.63) is 82.8 Å². The molecule has 2 aromatic carbocycles. The van der Waals surface area contributed by atoms with Crippen LogP contribution in [-0.2, 0) is 0 Å². The predicted molar refractivity (Wildman–Crippen MR) is 104 cm³/mol. The molecule has 0 aliphatic rings. The molecule has 0 aliphatic heterocycles. The van der Waals surface area contributed by atoms with Crippen LogP contribution in [0.25, 0.3) is 20.7 Å². The average molecular weight is 362 g/mol. The molecule has 4 rings (SSSR count). The van der Waals surface area contributed by atoms with Gasteiger partial charge in [-0.25, -0.2) is 4.98 Å². The van der Waals surface area contributed by atoms with Crippen LogP contribution in [0.4, 0.5) is 0 Å². The van der Waals surface area contributed by atoms with E-state index >= 15 is 0 Å². The van der Waals surface area contributed by atoms with Crippen LogP contribution in [0, 0.1) is 6.92 Å². The summed E-state index contributed by atoms with van der Waals surface area (Å²) < 4.78 is 0.938. The fraction of sp³-hybridized carbons (Fsp3) is 0.0500. The van der Waals surface area contributed by atoms with Crippen LogP contribution in [0.3, 0.4) is 0 Å². The van der Waals surface area contributed by atoms with Crippen molar-refractivity contribution in [2.75, 3.05) is 0 Å². The number of aromatic nitrogens is 2. The van der Waals surface area contributed by atoms with Gasteiger partial charge in [0.1, 0.15) is 10.0 Å². The minimum absolute atomic E-state index is 0.194. The Balaban J connectivity index is 1.84. The molecule has 0 radical (unpaired) electrons. The van der Waals surface area contributed by atoms with Gasteiger partial charge in [0.25, 0.3) is 5.56 Å². The maximum atomic E-state index is 12.4. The molecule has 0 N–H and O–H groups in total. The summed E-state index contributed by atoms with van der Waals surface area (Å²) in [6.45, 7) is 2.08. The zero-order valence-corrected chi connectivity index (χ0v) is 15.1. The van der Waals surface area contributed by atoms with Gasteiger partial charge >= 0.3 is 0 Å². The van der Waals surface area contributed by atoms with Gasteiger partial charge in [-0.15, -0.1) is 11.3 Å². The summed E-state index contributed by atoms with van der Waals surface area (Å²) in [5, 5.41) is 2.22. The van der Waals surface area contributed by atoms with E-state index in [0.29, 0.717) is 10.4 Å². The van der Waals surface area contributed by atoms with E-state index in [1.165, 1.54) is 16.9 Å². The van der Waals surface area contributed by atoms with Gasteiger partial charge in [-0.3, -0.25) is 4.79 Å². The lowest BCUT2D eigenvalue weighted by Crippen LogP contribution is -2.06. The minimum atomic E-state index is -0.194. The lowest BCUT2D eigenvalue weighted by molar-refractivity contribution is 1.12. The highest BCUT2D eigenvalue weighted by Crippen LogP contribution is 2.36. The molecule has 2 aromatic heterocycles. The number of nitrogens with zero attached hydrogens (tertiary/aromatic N) is 2. The number of rotatable bonds is 3. The zero-order chi connectivity index (χ0) is 17.2. The Bertz CT molecular complexity index is 1120. The van der Waals surface area contributed by atoms with Gasteiger partial charge < -0.3 is 0 Å². The molecular formula is C20H14N2OS2. The third kappa shape index (κ3) is 3.21. The molecule has 0 bridgehead atoms. The summed E-state index contributed by atoms with van der Waals surface area (Å²) in [5.41, 5.74) is 1.90. The Morgan fingerprint density at radius 1 is 0.960 bits per heavy atom. The van der Waals surface area contributed by atoms with Gasteiger partial charge in [-0.2, -0.15) is 4.98 Å². The zero-order valence-electron chi connectivity index (χ0n) is 13.5. The quantitative estimate of drug-likeness (QED) is 0.504. The highest BCUT2D eigenvalue weighted by Gasteiger charge is 2.13. The first-order valence-electron chi connectivity index (χ1n) is 7.81. The van der Waals surface area contributed by atoms with Crippen LogP contribution in [0.15, 0.2) is 81.6 Å². The van der Waals surface area contributed by atoms with Crippen molar-refractivity contribution in [3.8, 4) is 10.6 Å². The molecule has 0 fully saturated rings. The highest BCUT2D eigenvalue weighted by molar-refractivity contribution is 7.99. The molecule has 0 saturated carbocycles. The maximum Gasteiger partial charge on any atom is 0.279 e. The monoisotopic (exact) mass is 362 g/mol. The fourth-order valence-corrected chi connectivity index (χ4v) is 4.60. The second-order valence-corrected chi connectivity index (χ2v) is 7.61. The Morgan fingerprint density at radius 2 is 1.76 bits per heavy atom. The topological polar surface area (TPSA) is 42.9 Å². The predicted octanol–water partition coefficient (Wildman–Crippen LogP) is 5.18. The molecule has 0 amide bonds. The third-order valence-corrected chi connectivity index (χ3v) is 6.11. The highest BCUT2D eigenvalue weighted by atomic mass is 32.2. The van der Waals surface area contributed by atoms with E-state index < -0.39 is 0 Å². The molecule has 122 valence electrons. The Morgan fingerprint density at radius 3 is 2.64 bits per heavy atom. The van der Waals surface area contributed by atoms with Gasteiger partial charge in [0.05, 0.1) is 5.39 Å². The number of benzene rings is 2. The van der Waals surface area contributed by atoms with Crippen molar-refractivity contribution < 1.29 is 0 Å². The molecule has 0 unspecified atom stereocenters. The standard InChI is InChI=1S/C20H14N2OS2/c1-13-7-2-4-10-16(13)24-19-15(9-6-12-21-19)20-22-18(23)14-8-3-5-11-17(14)25-20/h2-12H,1H3. The van der Waals surface area contributed by atoms with E-state index in [1.807, 2.05) is 48.5 Å². The van der Waals surface area contributed by atoms with Crippen molar-refractivity contribution in [2.45, 2.75) is 16.8 Å². The summed E-state index contributed by atoms with van der Waals surface area (Å²) in [4.78, 5) is 22.3. The van der Waals surface area contributed by atoms with E-state index in [4.69, 9.17) is 0 Å². The summed E-state index contributed by atoms with van der Waals surface area (Å²) >= 11 is 3.12. The first-order valence-corrected chi connectivity index (χ1v) is 9.44. The van der Waals surface area contributed by atoms with E-state index in [2.05, 4.69) is 29.0 Å². The molecule has 4 aromatic rings. The molecule has 25 heavy (non-hydrogen) atoms. The van der Waals surface area contributed by atoms with Gasteiger partial charge in [-0.1, -0.05) is 42.1 Å². The summed E-state index contributed by atoms with van der Waals surface area (Å²) in [7, 11) is 0. The van der Waals surface area contributed by atoms with Crippen LogP contribution in [0.5, 0.6) is 0 Å². The van der Waals surface area contributed by atoms with Crippen LogP contribution in [0.1, 0.15) is 5.56 Å². The number of pyridine rings is 1. The van der Waals surface area contributed by atoms with Crippen LogP contribution in [-0.4, -0.2) is 9.97 Å². The van der Waals surface area contributed by atoms with Crippen molar-refractivity contribution in [3.63, 3.8) is 0 Å². The number of hydrogen-bond donors (Lipinski definition) is 0. The van der Waals surface area contributed by atoms with Gasteiger partial charge in [0.15, 0.2) is 0 Å². The summed E-state index contributed by atoms with van der Waals surface area (Å²) in [5.74, 6) is 0. The largest absolute Gasteiger partial charge is 0.279 e. The molecule has 5 heteroatoms. The minimum Gasteiger partial charge on any atom is -0.267 e. The first kappa shape index (κ1) is 16.0. The number of hydrogen-bond acceptors (Lipinski definition) is 5. The third-order valence-electron chi connectivity index (χ3n) is 3.83. The van der Waals surface area contributed by atoms with Crippen molar-refractivity contribution in [1.82, 2.24) is 9.97 Å². The van der Waals surface area contributed by atoms with E-state index in [9.17, 15) is 4.79 Å². The SMILES string of the molecule is Cc1ccccc1Sc1ncccc1-c1nc(=O)c2ccccc2s1. The molecular weight excluding hydrogens is 348 g/mol. The van der Waals surface area contributed by atoms with Crippen molar-refractivity contribution in [2.24, 2.45) is 0 Å². The lowest BCUT2D eigenvalue weighted by Gasteiger charge is -2.09. The molecule has 0 spiro atoms. The molecule has 2 heterocycles. The van der Waals surface area contributed by atoms with Crippen LogP contribution >= 0.6 is 23.1 Å². The van der Waals surface area contributed by atoms with E-state index in [0.717, 1.165) is 20.2 Å². The second kappa shape index (κ2) is 6.78. The molecule has 0 aliphatic carbocycles. The maximum absolute atomic E-state index is 12.4. The Hall–Kier alpha value is -2.50. The van der Waals surface area contributed by atoms with Crippen molar-refractivity contribution in [1.29, 1.82) is 0 Å². The van der Waals surface area contributed by atoms with Gasteiger partial charge in [0, 0.05) is 21.4 Å². The van der Waals surface area contributed by atoms with Gasteiger partial charge in [0.2, 0.25) is 0 Å². The second-order valence-electron chi connectivity index (χ2n) is 5.54. The normalized spacial score (nSPS) is 10.9. The van der Waals surface area contributed by atoms with E-state index in [-0.39, 0.29) is 5.56 Å². The number of fused-ring (bicyclic) bond motifs is 1. The fourth-order valence-electron chi connectivity index (χ4n) is 2.54. The van der Waals surface area contributed by atoms with Gasteiger partial charge in [-0.05, 0) is 42.8 Å². The van der Waals surface area contributed by atoms with Crippen LogP contribution in [0.2, 0.25) is 0 Å². The van der Waals surface area contributed by atoms with Crippen LogP contribution < -0.4 is 5.56 Å². The average Bonchev–Trinajstić information content (AvgIpc) is 2.64. The summed E-state index contributed by atoms with van der Waals surface area (Å²) in [6, 6.07) is 19.6. The van der Waals surface area contributed by atoms with Crippen molar-refractivity contribution >= 4 is 33.2 Å². The Labute approximate surface area is 153 Å². The molecule has 0 atom stereocenters. The smallest absolute Gasteiger partial charge is 0.267 e. The lowest BCUT2D eigenvalue weighted by atomic mass is 10.2. The summed E-state index contributed by atoms with van der Waals surface area (Å²) in [6.07, 6.45) is 1.77. The molecule has 3 nitrogen and oxygen atoms in total.